The SMILES string of the molecule is O=C(O)c1c[nH]c2c(F)cc(F)cc12. The molecular formula is C9H5F2NO2. The van der Waals surface area contributed by atoms with E-state index < -0.39 is 17.6 Å². The minimum Gasteiger partial charge on any atom is -0.478 e. The summed E-state index contributed by atoms with van der Waals surface area (Å²) in [7, 11) is 0. The lowest BCUT2D eigenvalue weighted by atomic mass is 10.1. The smallest absolute Gasteiger partial charge is 0.337 e. The molecule has 0 saturated heterocycles. The highest BCUT2D eigenvalue weighted by molar-refractivity contribution is 6.03. The van der Waals surface area contributed by atoms with E-state index in [1.807, 2.05) is 0 Å². The molecule has 0 aliphatic carbocycles. The van der Waals surface area contributed by atoms with E-state index in [9.17, 15) is 13.6 Å². The van der Waals surface area contributed by atoms with Gasteiger partial charge >= 0.3 is 5.97 Å². The molecule has 0 spiro atoms. The van der Waals surface area contributed by atoms with Crippen LogP contribution in [0.4, 0.5) is 8.78 Å². The summed E-state index contributed by atoms with van der Waals surface area (Å²) in [6.07, 6.45) is 1.13. The topological polar surface area (TPSA) is 53.1 Å². The Morgan fingerprint density at radius 3 is 2.71 bits per heavy atom. The monoisotopic (exact) mass is 197 g/mol. The molecule has 72 valence electrons. The third-order valence-electron chi connectivity index (χ3n) is 1.94. The minimum atomic E-state index is -1.22. The Morgan fingerprint density at radius 1 is 1.36 bits per heavy atom. The molecule has 0 bridgehead atoms. The van der Waals surface area contributed by atoms with E-state index in [0.717, 1.165) is 12.3 Å². The molecular weight excluding hydrogens is 192 g/mol. The number of fused-ring (bicyclic) bond motifs is 1. The van der Waals surface area contributed by atoms with Crippen molar-refractivity contribution in [1.29, 1.82) is 0 Å². The van der Waals surface area contributed by atoms with Crippen LogP contribution in [0.25, 0.3) is 10.9 Å². The van der Waals surface area contributed by atoms with E-state index in [1.54, 1.807) is 0 Å². The fourth-order valence-electron chi connectivity index (χ4n) is 1.33. The van der Waals surface area contributed by atoms with Crippen molar-refractivity contribution in [1.82, 2.24) is 4.98 Å². The quantitative estimate of drug-likeness (QED) is 0.735. The lowest BCUT2D eigenvalue weighted by Gasteiger charge is -1.94. The number of aromatic amines is 1. The molecule has 2 N–H and O–H groups in total. The zero-order chi connectivity index (χ0) is 10.3. The van der Waals surface area contributed by atoms with Crippen molar-refractivity contribution >= 4 is 16.9 Å². The number of hydrogen-bond donors (Lipinski definition) is 2. The Bertz CT molecular complexity index is 519. The second-order valence-electron chi connectivity index (χ2n) is 2.82. The standard InChI is InChI=1S/C9H5F2NO2/c10-4-1-5-6(9(13)14)3-12-8(5)7(11)2-4/h1-3,12H,(H,13,14). The Hall–Kier alpha value is -1.91. The highest BCUT2D eigenvalue weighted by Crippen LogP contribution is 2.22. The van der Waals surface area contributed by atoms with Crippen LogP contribution in [0.1, 0.15) is 10.4 Å². The molecule has 0 aliphatic rings. The lowest BCUT2D eigenvalue weighted by Crippen LogP contribution is -1.94. The van der Waals surface area contributed by atoms with Gasteiger partial charge in [-0.05, 0) is 6.07 Å². The third-order valence-corrected chi connectivity index (χ3v) is 1.94. The number of carbonyl (C=O) groups is 1. The van der Waals surface area contributed by atoms with Crippen molar-refractivity contribution in [2.45, 2.75) is 0 Å². The van der Waals surface area contributed by atoms with Crippen molar-refractivity contribution in [2.75, 3.05) is 0 Å². The summed E-state index contributed by atoms with van der Waals surface area (Å²) in [5, 5.41) is 8.73. The van der Waals surface area contributed by atoms with E-state index in [0.29, 0.717) is 6.07 Å². The van der Waals surface area contributed by atoms with Crippen LogP contribution in [-0.4, -0.2) is 16.1 Å². The van der Waals surface area contributed by atoms with Crippen LogP contribution in [0.15, 0.2) is 18.3 Å². The molecule has 1 aromatic carbocycles. The Morgan fingerprint density at radius 2 is 2.07 bits per heavy atom. The summed E-state index contributed by atoms with van der Waals surface area (Å²) < 4.78 is 25.8. The molecule has 0 radical (unpaired) electrons. The van der Waals surface area contributed by atoms with Crippen molar-refractivity contribution in [2.24, 2.45) is 0 Å². The van der Waals surface area contributed by atoms with Gasteiger partial charge in [0.25, 0.3) is 0 Å². The summed E-state index contributed by atoms with van der Waals surface area (Å²) in [5.74, 6) is -2.81. The molecule has 0 atom stereocenters. The second-order valence-corrected chi connectivity index (χ2v) is 2.82. The molecule has 1 aromatic heterocycles. The van der Waals surface area contributed by atoms with Gasteiger partial charge in [-0.2, -0.15) is 0 Å². The minimum absolute atomic E-state index is 0.00352. The van der Waals surface area contributed by atoms with Crippen LogP contribution < -0.4 is 0 Å². The Balaban J connectivity index is 2.85. The van der Waals surface area contributed by atoms with Crippen LogP contribution in [-0.2, 0) is 0 Å². The van der Waals surface area contributed by atoms with E-state index in [1.165, 1.54) is 0 Å². The molecule has 2 rings (SSSR count). The van der Waals surface area contributed by atoms with Crippen LogP contribution in [0.5, 0.6) is 0 Å². The van der Waals surface area contributed by atoms with Crippen LogP contribution >= 0.6 is 0 Å². The fraction of sp³-hybridized carbons (Fsp3) is 0. The van der Waals surface area contributed by atoms with Gasteiger partial charge in [0.15, 0.2) is 0 Å². The van der Waals surface area contributed by atoms with E-state index >= 15 is 0 Å². The predicted molar refractivity (Wildman–Crippen MR) is 45.2 cm³/mol. The summed E-state index contributed by atoms with van der Waals surface area (Å²) >= 11 is 0. The van der Waals surface area contributed by atoms with Gasteiger partial charge in [0.2, 0.25) is 0 Å². The molecule has 0 amide bonds. The maximum Gasteiger partial charge on any atom is 0.337 e. The average molecular weight is 197 g/mol. The predicted octanol–water partition coefficient (Wildman–Crippen LogP) is 2.14. The first kappa shape index (κ1) is 8.68. The zero-order valence-corrected chi connectivity index (χ0v) is 6.84. The maximum absolute atomic E-state index is 13.1. The first-order valence-electron chi connectivity index (χ1n) is 3.79. The van der Waals surface area contributed by atoms with Gasteiger partial charge in [0.05, 0.1) is 11.1 Å². The van der Waals surface area contributed by atoms with Gasteiger partial charge in [0, 0.05) is 17.6 Å². The number of aromatic nitrogens is 1. The van der Waals surface area contributed by atoms with Gasteiger partial charge in [-0.3, -0.25) is 0 Å². The molecule has 0 unspecified atom stereocenters. The third kappa shape index (κ3) is 1.14. The summed E-state index contributed by atoms with van der Waals surface area (Å²) in [6.45, 7) is 0. The molecule has 1 heterocycles. The first-order chi connectivity index (χ1) is 6.59. The number of aromatic carboxylic acids is 1. The Kier molecular flexibility index (Phi) is 1.73. The van der Waals surface area contributed by atoms with E-state index in [-0.39, 0.29) is 16.5 Å². The summed E-state index contributed by atoms with van der Waals surface area (Å²) in [4.78, 5) is 13.1. The van der Waals surface area contributed by atoms with Crippen molar-refractivity contribution < 1.29 is 18.7 Å². The second kappa shape index (κ2) is 2.80. The van der Waals surface area contributed by atoms with Crippen molar-refractivity contribution in [3.8, 4) is 0 Å². The molecule has 0 fully saturated rings. The number of hydrogen-bond acceptors (Lipinski definition) is 1. The molecule has 3 nitrogen and oxygen atoms in total. The highest BCUT2D eigenvalue weighted by atomic mass is 19.1. The number of rotatable bonds is 1. The van der Waals surface area contributed by atoms with Crippen molar-refractivity contribution in [3.63, 3.8) is 0 Å². The van der Waals surface area contributed by atoms with Crippen LogP contribution in [0.2, 0.25) is 0 Å². The summed E-state index contributed by atoms with van der Waals surface area (Å²) in [5.41, 5.74) is -0.137. The van der Waals surface area contributed by atoms with Gasteiger partial charge in [0.1, 0.15) is 11.6 Å². The van der Waals surface area contributed by atoms with Crippen LogP contribution in [0, 0.1) is 11.6 Å². The first-order valence-corrected chi connectivity index (χ1v) is 3.79. The van der Waals surface area contributed by atoms with Gasteiger partial charge < -0.3 is 10.1 Å². The number of halogens is 2. The Labute approximate surface area is 77.0 Å². The van der Waals surface area contributed by atoms with Crippen LogP contribution in [0.3, 0.4) is 0 Å². The normalized spacial score (nSPS) is 10.7. The molecule has 14 heavy (non-hydrogen) atoms. The molecule has 0 aliphatic heterocycles. The number of nitrogens with one attached hydrogen (secondary N) is 1. The maximum atomic E-state index is 13.1. The van der Waals surface area contributed by atoms with Gasteiger partial charge in [-0.15, -0.1) is 0 Å². The number of carboxylic acids is 1. The summed E-state index contributed by atoms with van der Waals surface area (Å²) in [6, 6.07) is 1.68. The molecule has 2 aromatic rings. The average Bonchev–Trinajstić information content (AvgIpc) is 2.47. The highest BCUT2D eigenvalue weighted by Gasteiger charge is 2.14. The van der Waals surface area contributed by atoms with E-state index in [2.05, 4.69) is 4.98 Å². The van der Waals surface area contributed by atoms with Gasteiger partial charge in [-0.25, -0.2) is 13.6 Å². The molecule has 5 heteroatoms. The van der Waals surface area contributed by atoms with Gasteiger partial charge in [-0.1, -0.05) is 0 Å². The number of benzene rings is 1. The number of carboxylic acid groups (broad SMARTS) is 1. The number of H-pyrrole nitrogens is 1. The van der Waals surface area contributed by atoms with E-state index in [4.69, 9.17) is 5.11 Å². The zero-order valence-electron chi connectivity index (χ0n) is 6.84. The largest absolute Gasteiger partial charge is 0.478 e. The fourth-order valence-corrected chi connectivity index (χ4v) is 1.33. The molecule has 0 saturated carbocycles. The lowest BCUT2D eigenvalue weighted by molar-refractivity contribution is 0.0699. The van der Waals surface area contributed by atoms with Crippen molar-refractivity contribution in [3.05, 3.63) is 35.5 Å².